The average Bonchev–Trinajstić information content (AvgIpc) is 3.35. The van der Waals surface area contributed by atoms with Crippen LogP contribution in [-0.2, 0) is 42.9 Å². The summed E-state index contributed by atoms with van der Waals surface area (Å²) in [6, 6.07) is 39.1. The highest BCUT2D eigenvalue weighted by Gasteiger charge is 2.37. The molecular formula is C52H70N4O9. The topological polar surface area (TPSA) is 127 Å². The number of nitrogens with zero attached hydrogens (tertiary/aromatic N) is 4. The van der Waals surface area contributed by atoms with Gasteiger partial charge in [0.25, 0.3) is 0 Å². The van der Waals surface area contributed by atoms with E-state index in [0.717, 1.165) is 22.7 Å². The van der Waals surface area contributed by atoms with E-state index >= 15 is 0 Å². The van der Waals surface area contributed by atoms with Crippen molar-refractivity contribution in [1.82, 2.24) is 0 Å². The number of para-hydroxylation sites is 4. The van der Waals surface area contributed by atoms with Crippen LogP contribution in [0.2, 0.25) is 0 Å². The Hall–Kier alpha value is -6.08. The zero-order valence-electron chi connectivity index (χ0n) is 39.3. The van der Waals surface area contributed by atoms with Crippen LogP contribution in [0.5, 0.6) is 0 Å². The van der Waals surface area contributed by atoms with Gasteiger partial charge in [0.1, 0.15) is 26.4 Å². The van der Waals surface area contributed by atoms with Crippen LogP contribution in [0.3, 0.4) is 0 Å². The van der Waals surface area contributed by atoms with Crippen LogP contribution in [0.4, 0.5) is 22.7 Å². The fourth-order valence-electron chi connectivity index (χ4n) is 6.85. The zero-order valence-corrected chi connectivity index (χ0v) is 39.3. The Morgan fingerprint density at radius 3 is 0.785 bits per heavy atom. The number of ether oxygens (including phenoxy) is 5. The molecule has 0 N–H and O–H groups in total. The van der Waals surface area contributed by atoms with Gasteiger partial charge in [-0.3, -0.25) is 19.2 Å². The van der Waals surface area contributed by atoms with Gasteiger partial charge >= 0.3 is 23.9 Å². The van der Waals surface area contributed by atoms with E-state index in [1.165, 1.54) is 0 Å². The smallest absolute Gasteiger partial charge is 0.307 e. The standard InChI is InChI=1S/C52H70N4O9/c1-7-51(39-62-47(57)29-33-53(3)43-21-13-9-14-22-43,40-63-48(58)30-34-54(4)44-23-15-10-16-24-44)37-61-38-52(8-2,41-64-49(59)31-35-55(5)45-25-17-11-18-26-45)42-65-50(60)32-36-56(6)46-27-19-12-20-28-46/h9-28H,7-8,29-42H2,1-6H3. The molecule has 0 saturated heterocycles. The van der Waals surface area contributed by atoms with Crippen molar-refractivity contribution in [3.05, 3.63) is 121 Å². The maximum absolute atomic E-state index is 13.2. The Kier molecular flexibility index (Phi) is 21.6. The van der Waals surface area contributed by atoms with Gasteiger partial charge in [0.05, 0.1) is 49.7 Å². The third kappa shape index (κ3) is 18.1. The fraction of sp³-hybridized carbons (Fsp3) is 0.462. The molecule has 0 amide bonds. The third-order valence-corrected chi connectivity index (χ3v) is 11.9. The first-order chi connectivity index (χ1) is 31.4. The van der Waals surface area contributed by atoms with E-state index in [-0.39, 0.29) is 89.2 Å². The largest absolute Gasteiger partial charge is 0.465 e. The summed E-state index contributed by atoms with van der Waals surface area (Å²) in [4.78, 5) is 60.8. The van der Waals surface area contributed by atoms with Crippen LogP contribution in [0, 0.1) is 10.8 Å². The summed E-state index contributed by atoms with van der Waals surface area (Å²) >= 11 is 0. The SMILES string of the molecule is CCC(COCC(CC)(COC(=O)CCN(C)c1ccccc1)COC(=O)CCN(C)c1ccccc1)(COC(=O)CCN(C)c1ccccc1)COC(=O)CCN(C)c1ccccc1. The number of benzene rings is 4. The molecule has 0 aliphatic rings. The highest BCUT2D eigenvalue weighted by molar-refractivity contribution is 5.72. The van der Waals surface area contributed by atoms with Gasteiger partial charge in [-0.25, -0.2) is 0 Å². The van der Waals surface area contributed by atoms with Crippen molar-refractivity contribution < 1.29 is 42.9 Å². The Morgan fingerprint density at radius 1 is 0.369 bits per heavy atom. The van der Waals surface area contributed by atoms with Crippen LogP contribution in [0.1, 0.15) is 52.4 Å². The molecule has 0 heterocycles. The van der Waals surface area contributed by atoms with Crippen molar-refractivity contribution in [3.63, 3.8) is 0 Å². The minimum atomic E-state index is -0.904. The summed E-state index contributed by atoms with van der Waals surface area (Å²) < 4.78 is 30.1. The molecule has 4 aromatic rings. The number of rotatable bonds is 30. The number of hydrogen-bond donors (Lipinski definition) is 0. The second kappa shape index (κ2) is 27.3. The van der Waals surface area contributed by atoms with E-state index in [9.17, 15) is 19.2 Å². The van der Waals surface area contributed by atoms with Gasteiger partial charge in [0.15, 0.2) is 0 Å². The van der Waals surface area contributed by atoms with Crippen molar-refractivity contribution in [2.75, 3.05) is 114 Å². The normalized spacial score (nSPS) is 11.3. The van der Waals surface area contributed by atoms with Crippen LogP contribution in [0.25, 0.3) is 0 Å². The maximum atomic E-state index is 13.2. The molecule has 4 rings (SSSR count). The van der Waals surface area contributed by atoms with Crippen molar-refractivity contribution in [2.45, 2.75) is 52.4 Å². The van der Waals surface area contributed by atoms with Crippen molar-refractivity contribution in [2.24, 2.45) is 10.8 Å². The molecule has 0 aromatic heterocycles. The van der Waals surface area contributed by atoms with Gasteiger partial charge < -0.3 is 43.3 Å². The van der Waals surface area contributed by atoms with Crippen LogP contribution in [0.15, 0.2) is 121 Å². The molecule has 0 bridgehead atoms. The first-order valence-corrected chi connectivity index (χ1v) is 22.6. The van der Waals surface area contributed by atoms with Crippen molar-refractivity contribution in [1.29, 1.82) is 0 Å². The molecule has 0 aliphatic heterocycles. The Balaban J connectivity index is 1.44. The molecule has 0 aliphatic carbocycles. The van der Waals surface area contributed by atoms with Crippen LogP contribution >= 0.6 is 0 Å². The minimum absolute atomic E-state index is 0.0469. The van der Waals surface area contributed by atoms with E-state index < -0.39 is 10.8 Å². The molecule has 65 heavy (non-hydrogen) atoms. The van der Waals surface area contributed by atoms with Crippen molar-refractivity contribution in [3.8, 4) is 0 Å². The van der Waals surface area contributed by atoms with Crippen LogP contribution in [-0.4, -0.2) is 118 Å². The Labute approximate surface area is 386 Å². The second-order valence-corrected chi connectivity index (χ2v) is 16.9. The van der Waals surface area contributed by atoms with Gasteiger partial charge in [-0.2, -0.15) is 0 Å². The average molecular weight is 895 g/mol. The molecule has 0 saturated carbocycles. The van der Waals surface area contributed by atoms with E-state index in [1.54, 1.807) is 0 Å². The van der Waals surface area contributed by atoms with Crippen molar-refractivity contribution >= 4 is 46.6 Å². The van der Waals surface area contributed by atoms with E-state index in [4.69, 9.17) is 23.7 Å². The van der Waals surface area contributed by atoms with Gasteiger partial charge in [-0.1, -0.05) is 86.6 Å². The lowest BCUT2D eigenvalue weighted by atomic mass is 9.86. The third-order valence-electron chi connectivity index (χ3n) is 11.9. The Morgan fingerprint density at radius 2 is 0.585 bits per heavy atom. The molecule has 0 fully saturated rings. The van der Waals surface area contributed by atoms with Gasteiger partial charge in [0.2, 0.25) is 0 Å². The fourth-order valence-corrected chi connectivity index (χ4v) is 6.85. The first kappa shape index (κ1) is 51.6. The summed E-state index contributed by atoms with van der Waals surface area (Å²) in [5, 5.41) is 0. The summed E-state index contributed by atoms with van der Waals surface area (Å²) in [7, 11) is 7.68. The number of anilines is 4. The second-order valence-electron chi connectivity index (χ2n) is 16.9. The maximum Gasteiger partial charge on any atom is 0.307 e. The molecule has 13 heteroatoms. The zero-order chi connectivity index (χ0) is 46.9. The molecule has 13 nitrogen and oxygen atoms in total. The predicted molar refractivity (Wildman–Crippen MR) is 257 cm³/mol. The molecule has 0 unspecified atom stereocenters. The summed E-state index contributed by atoms with van der Waals surface area (Å²) in [5.41, 5.74) is 2.12. The van der Waals surface area contributed by atoms with E-state index in [1.807, 2.05) is 183 Å². The number of esters is 4. The Bertz CT molecular complexity index is 1710. The minimum Gasteiger partial charge on any atom is -0.465 e. The molecule has 0 spiro atoms. The molecule has 0 atom stereocenters. The lowest BCUT2D eigenvalue weighted by Gasteiger charge is -2.35. The van der Waals surface area contributed by atoms with E-state index in [0.29, 0.717) is 39.0 Å². The van der Waals surface area contributed by atoms with Gasteiger partial charge in [0, 0.05) is 77.1 Å². The quantitative estimate of drug-likeness (QED) is 0.0370. The summed E-state index contributed by atoms with van der Waals surface area (Å²) in [5.74, 6) is -1.56. The molecule has 4 aromatic carbocycles. The highest BCUT2D eigenvalue weighted by atomic mass is 16.6. The predicted octanol–water partition coefficient (Wildman–Crippen LogP) is 8.07. The number of hydrogen-bond acceptors (Lipinski definition) is 13. The first-order valence-electron chi connectivity index (χ1n) is 22.6. The van der Waals surface area contributed by atoms with Gasteiger partial charge in [-0.15, -0.1) is 0 Å². The van der Waals surface area contributed by atoms with E-state index in [2.05, 4.69) is 0 Å². The number of carbonyl (C=O) groups is 4. The lowest BCUT2D eigenvalue weighted by molar-refractivity contribution is -0.163. The van der Waals surface area contributed by atoms with Crippen LogP contribution < -0.4 is 19.6 Å². The summed E-state index contributed by atoms with van der Waals surface area (Å²) in [6.45, 7) is 5.55. The summed E-state index contributed by atoms with van der Waals surface area (Å²) in [6.07, 6.45) is 1.50. The monoisotopic (exact) mass is 895 g/mol. The molecule has 352 valence electrons. The molecule has 0 radical (unpaired) electrons. The lowest BCUT2D eigenvalue weighted by Crippen LogP contribution is -2.43. The molecular weight excluding hydrogens is 825 g/mol. The highest BCUT2D eigenvalue weighted by Crippen LogP contribution is 2.30. The van der Waals surface area contributed by atoms with Gasteiger partial charge in [-0.05, 0) is 61.4 Å². The number of carbonyl (C=O) groups excluding carboxylic acids is 4.